The third-order valence-electron chi connectivity index (χ3n) is 3.08. The standard InChI is InChI=1S/C11H17BrN4/c1-11(2,16-5-3-13-4-6-16)10-14-7-9(12)8-15-10/h7-8,13H,3-6H2,1-2H3. The van der Waals surface area contributed by atoms with Crippen LogP contribution in [0.1, 0.15) is 19.7 Å². The molecule has 1 aliphatic heterocycles. The molecule has 1 N–H and O–H groups in total. The monoisotopic (exact) mass is 284 g/mol. The normalized spacial score (nSPS) is 18.7. The van der Waals surface area contributed by atoms with Crippen molar-refractivity contribution in [1.29, 1.82) is 0 Å². The second-order valence-electron chi connectivity index (χ2n) is 4.52. The van der Waals surface area contributed by atoms with Gasteiger partial charge in [0.1, 0.15) is 5.82 Å². The van der Waals surface area contributed by atoms with E-state index in [1.54, 1.807) is 0 Å². The van der Waals surface area contributed by atoms with E-state index in [0.717, 1.165) is 36.5 Å². The Morgan fingerprint density at radius 2 is 1.81 bits per heavy atom. The zero-order valence-electron chi connectivity index (χ0n) is 9.70. The zero-order chi connectivity index (χ0) is 11.6. The molecule has 16 heavy (non-hydrogen) atoms. The summed E-state index contributed by atoms with van der Waals surface area (Å²) >= 11 is 3.36. The molecule has 1 aromatic heterocycles. The molecule has 0 saturated carbocycles. The van der Waals surface area contributed by atoms with Gasteiger partial charge in [0.15, 0.2) is 0 Å². The van der Waals surface area contributed by atoms with Gasteiger partial charge in [-0.1, -0.05) is 0 Å². The van der Waals surface area contributed by atoms with Crippen LogP contribution in [0.25, 0.3) is 0 Å². The Labute approximate surface area is 105 Å². The van der Waals surface area contributed by atoms with Gasteiger partial charge in [-0.05, 0) is 29.8 Å². The first kappa shape index (κ1) is 12.0. The van der Waals surface area contributed by atoms with Crippen LogP contribution in [0.2, 0.25) is 0 Å². The van der Waals surface area contributed by atoms with Crippen LogP contribution in [-0.4, -0.2) is 41.0 Å². The van der Waals surface area contributed by atoms with Crippen molar-refractivity contribution in [3.05, 3.63) is 22.7 Å². The Bertz CT molecular complexity index is 344. The Balaban J connectivity index is 2.19. The Hall–Kier alpha value is -0.520. The van der Waals surface area contributed by atoms with Crippen LogP contribution in [0.3, 0.4) is 0 Å². The van der Waals surface area contributed by atoms with Crippen LogP contribution in [0.4, 0.5) is 0 Å². The molecule has 0 radical (unpaired) electrons. The third-order valence-corrected chi connectivity index (χ3v) is 3.48. The molecular weight excluding hydrogens is 268 g/mol. The molecule has 2 rings (SSSR count). The fourth-order valence-electron chi connectivity index (χ4n) is 1.99. The first-order valence-corrected chi connectivity index (χ1v) is 6.34. The van der Waals surface area contributed by atoms with Gasteiger partial charge in [-0.3, -0.25) is 4.90 Å². The Kier molecular flexibility index (Phi) is 3.56. The number of nitrogens with zero attached hydrogens (tertiary/aromatic N) is 3. The average Bonchev–Trinajstić information content (AvgIpc) is 2.31. The van der Waals surface area contributed by atoms with Crippen LogP contribution in [0.15, 0.2) is 16.9 Å². The Morgan fingerprint density at radius 1 is 1.25 bits per heavy atom. The summed E-state index contributed by atoms with van der Waals surface area (Å²) in [7, 11) is 0. The van der Waals surface area contributed by atoms with Crippen LogP contribution in [0.5, 0.6) is 0 Å². The van der Waals surface area contributed by atoms with E-state index in [4.69, 9.17) is 0 Å². The highest BCUT2D eigenvalue weighted by molar-refractivity contribution is 9.10. The molecule has 0 aliphatic carbocycles. The van der Waals surface area contributed by atoms with Crippen molar-refractivity contribution in [1.82, 2.24) is 20.2 Å². The number of halogens is 1. The van der Waals surface area contributed by atoms with Gasteiger partial charge in [-0.15, -0.1) is 0 Å². The minimum Gasteiger partial charge on any atom is -0.314 e. The van der Waals surface area contributed by atoms with Crippen LogP contribution in [-0.2, 0) is 5.54 Å². The summed E-state index contributed by atoms with van der Waals surface area (Å²) in [5, 5.41) is 3.36. The number of piperazine rings is 1. The minimum atomic E-state index is -0.0944. The fourth-order valence-corrected chi connectivity index (χ4v) is 2.20. The number of aromatic nitrogens is 2. The number of hydrogen-bond acceptors (Lipinski definition) is 4. The molecule has 0 amide bonds. The maximum atomic E-state index is 4.41. The van der Waals surface area contributed by atoms with Gasteiger partial charge in [-0.25, -0.2) is 9.97 Å². The highest BCUT2D eigenvalue weighted by Gasteiger charge is 2.31. The third kappa shape index (κ3) is 2.42. The lowest BCUT2D eigenvalue weighted by atomic mass is 10.0. The van der Waals surface area contributed by atoms with E-state index in [2.05, 4.69) is 50.0 Å². The highest BCUT2D eigenvalue weighted by Crippen LogP contribution is 2.25. The van der Waals surface area contributed by atoms with Gasteiger partial charge in [0.2, 0.25) is 0 Å². The molecule has 5 heteroatoms. The lowest BCUT2D eigenvalue weighted by Crippen LogP contribution is -2.52. The molecule has 1 aliphatic rings. The van der Waals surface area contributed by atoms with Crippen molar-refractivity contribution in [2.45, 2.75) is 19.4 Å². The second-order valence-corrected chi connectivity index (χ2v) is 5.44. The van der Waals surface area contributed by atoms with E-state index in [-0.39, 0.29) is 5.54 Å². The average molecular weight is 285 g/mol. The molecule has 1 saturated heterocycles. The predicted molar refractivity (Wildman–Crippen MR) is 67.2 cm³/mol. The fraction of sp³-hybridized carbons (Fsp3) is 0.636. The molecule has 4 nitrogen and oxygen atoms in total. The second kappa shape index (κ2) is 4.77. The van der Waals surface area contributed by atoms with Crippen LogP contribution >= 0.6 is 15.9 Å². The zero-order valence-corrected chi connectivity index (χ0v) is 11.3. The number of hydrogen-bond donors (Lipinski definition) is 1. The molecule has 0 unspecified atom stereocenters. The van der Waals surface area contributed by atoms with Crippen LogP contribution in [0, 0.1) is 0 Å². The van der Waals surface area contributed by atoms with Crippen LogP contribution < -0.4 is 5.32 Å². The molecule has 2 heterocycles. The van der Waals surface area contributed by atoms with E-state index in [1.165, 1.54) is 0 Å². The van der Waals surface area contributed by atoms with E-state index < -0.39 is 0 Å². The number of rotatable bonds is 2. The lowest BCUT2D eigenvalue weighted by Gasteiger charge is -2.39. The summed E-state index contributed by atoms with van der Waals surface area (Å²) in [6.45, 7) is 8.54. The molecule has 88 valence electrons. The van der Waals surface area contributed by atoms with Gasteiger partial charge in [0.25, 0.3) is 0 Å². The van der Waals surface area contributed by atoms with Gasteiger partial charge in [0, 0.05) is 38.6 Å². The number of nitrogens with one attached hydrogen (secondary N) is 1. The summed E-state index contributed by atoms with van der Waals surface area (Å²) in [6.07, 6.45) is 3.62. The van der Waals surface area contributed by atoms with Gasteiger partial charge in [0.05, 0.1) is 10.0 Å². The molecule has 1 aromatic rings. The molecular formula is C11H17BrN4. The quantitative estimate of drug-likeness (QED) is 0.891. The molecule has 0 aromatic carbocycles. The lowest BCUT2D eigenvalue weighted by molar-refractivity contribution is 0.0947. The van der Waals surface area contributed by atoms with Gasteiger partial charge >= 0.3 is 0 Å². The predicted octanol–water partition coefficient (Wildman–Crippen LogP) is 1.38. The SMILES string of the molecule is CC(C)(c1ncc(Br)cn1)N1CCNCC1. The largest absolute Gasteiger partial charge is 0.314 e. The van der Waals surface area contributed by atoms with Crippen molar-refractivity contribution in [3.63, 3.8) is 0 Å². The van der Waals surface area contributed by atoms with E-state index in [1.807, 2.05) is 12.4 Å². The molecule has 0 bridgehead atoms. The smallest absolute Gasteiger partial charge is 0.147 e. The van der Waals surface area contributed by atoms with E-state index in [9.17, 15) is 0 Å². The maximum absolute atomic E-state index is 4.41. The van der Waals surface area contributed by atoms with Crippen molar-refractivity contribution in [3.8, 4) is 0 Å². The summed E-state index contributed by atoms with van der Waals surface area (Å²) in [6, 6.07) is 0. The van der Waals surface area contributed by atoms with E-state index in [0.29, 0.717) is 0 Å². The minimum absolute atomic E-state index is 0.0944. The van der Waals surface area contributed by atoms with Crippen molar-refractivity contribution >= 4 is 15.9 Å². The van der Waals surface area contributed by atoms with Crippen molar-refractivity contribution in [2.24, 2.45) is 0 Å². The molecule has 1 fully saturated rings. The topological polar surface area (TPSA) is 41.1 Å². The first-order valence-electron chi connectivity index (χ1n) is 5.54. The molecule has 0 atom stereocenters. The summed E-state index contributed by atoms with van der Waals surface area (Å²) in [5.41, 5.74) is -0.0944. The van der Waals surface area contributed by atoms with Crippen molar-refractivity contribution < 1.29 is 0 Å². The first-order chi connectivity index (χ1) is 7.60. The summed E-state index contributed by atoms with van der Waals surface area (Å²) < 4.78 is 0.923. The maximum Gasteiger partial charge on any atom is 0.147 e. The van der Waals surface area contributed by atoms with Crippen molar-refractivity contribution in [2.75, 3.05) is 26.2 Å². The van der Waals surface area contributed by atoms with Gasteiger partial charge < -0.3 is 5.32 Å². The summed E-state index contributed by atoms with van der Waals surface area (Å²) in [5.74, 6) is 0.887. The molecule has 0 spiro atoms. The van der Waals surface area contributed by atoms with Gasteiger partial charge in [-0.2, -0.15) is 0 Å². The Morgan fingerprint density at radius 3 is 2.38 bits per heavy atom. The van der Waals surface area contributed by atoms with E-state index >= 15 is 0 Å². The summed E-state index contributed by atoms with van der Waals surface area (Å²) in [4.78, 5) is 11.2. The highest BCUT2D eigenvalue weighted by atomic mass is 79.9.